The number of ether oxygens (including phenoxy) is 1. The Balaban J connectivity index is 0.000000202. The molecule has 12 heavy (non-hydrogen) atoms. The molecule has 1 saturated heterocycles. The van der Waals surface area contributed by atoms with Crippen molar-refractivity contribution in [1.29, 1.82) is 0 Å². The molecule has 0 aliphatic carbocycles. The number of rotatable bonds is 2. The van der Waals surface area contributed by atoms with Crippen molar-refractivity contribution in [2.24, 2.45) is 0 Å². The molecule has 4 heteroatoms. The molecule has 1 rings (SSSR count). The summed E-state index contributed by atoms with van der Waals surface area (Å²) in [6.07, 6.45) is 2.39. The number of esters is 1. The number of cyclic esters (lactones) is 1. The normalized spacial score (nSPS) is 14.6. The van der Waals surface area contributed by atoms with Crippen LogP contribution in [0.3, 0.4) is 0 Å². The number of carboxylic acids is 1. The van der Waals surface area contributed by atoms with Gasteiger partial charge in [0.2, 0.25) is 0 Å². The summed E-state index contributed by atoms with van der Waals surface area (Å²) in [7, 11) is 0. The van der Waals surface area contributed by atoms with Crippen LogP contribution in [0.5, 0.6) is 0 Å². The van der Waals surface area contributed by atoms with E-state index in [2.05, 4.69) is 4.74 Å². The molecule has 0 amide bonds. The molecule has 0 bridgehead atoms. The van der Waals surface area contributed by atoms with Crippen LogP contribution in [-0.4, -0.2) is 18.5 Å². The van der Waals surface area contributed by atoms with E-state index in [0.717, 1.165) is 6.42 Å². The Morgan fingerprint density at radius 1 is 1.67 bits per heavy atom. The van der Waals surface area contributed by atoms with E-state index >= 15 is 0 Å². The Bertz CT molecular complexity index is 145. The lowest BCUT2D eigenvalue weighted by atomic mass is 10.4. The Kier molecular flexibility index (Phi) is 6.05. The molecule has 1 fully saturated rings. The van der Waals surface area contributed by atoms with Crippen LogP contribution in [-0.2, 0) is 14.3 Å². The molecular formula is C8H13O4-. The summed E-state index contributed by atoms with van der Waals surface area (Å²) < 4.78 is 4.51. The maximum Gasteiger partial charge on any atom is 0.305 e. The first kappa shape index (κ1) is 10.9. The number of carboxylic acid groups (broad SMARTS) is 1. The van der Waals surface area contributed by atoms with Gasteiger partial charge in [-0.2, -0.15) is 0 Å². The molecule has 1 heterocycles. The summed E-state index contributed by atoms with van der Waals surface area (Å²) in [6, 6.07) is 0. The van der Waals surface area contributed by atoms with E-state index in [9.17, 15) is 14.7 Å². The summed E-state index contributed by atoms with van der Waals surface area (Å²) in [4.78, 5) is 19.5. The number of carbonyl (C=O) groups is 2. The zero-order valence-electron chi connectivity index (χ0n) is 7.17. The van der Waals surface area contributed by atoms with Crippen LogP contribution in [0.15, 0.2) is 0 Å². The first-order valence-corrected chi connectivity index (χ1v) is 4.02. The monoisotopic (exact) mass is 173 g/mol. The predicted octanol–water partition coefficient (Wildman–Crippen LogP) is -0.140. The minimum absolute atomic E-state index is 0.0463. The van der Waals surface area contributed by atoms with E-state index in [-0.39, 0.29) is 12.4 Å². The summed E-state index contributed by atoms with van der Waals surface area (Å²) >= 11 is 0. The summed E-state index contributed by atoms with van der Waals surface area (Å²) in [5.74, 6) is -1.01. The molecule has 1 aliphatic heterocycles. The highest BCUT2D eigenvalue weighted by atomic mass is 16.5. The maximum atomic E-state index is 10.0. The van der Waals surface area contributed by atoms with Crippen LogP contribution < -0.4 is 5.11 Å². The van der Waals surface area contributed by atoms with E-state index in [1.807, 2.05) is 0 Å². The first-order chi connectivity index (χ1) is 5.66. The lowest BCUT2D eigenvalue weighted by molar-refractivity contribution is -0.305. The SMILES string of the molecule is CCCC(=O)[O-].O=C1CCCO1. The van der Waals surface area contributed by atoms with Gasteiger partial charge in [-0.1, -0.05) is 13.3 Å². The van der Waals surface area contributed by atoms with Crippen molar-refractivity contribution in [3.63, 3.8) is 0 Å². The fourth-order valence-corrected chi connectivity index (χ4v) is 0.679. The average Bonchev–Trinajstić information content (AvgIpc) is 2.40. The molecule has 70 valence electrons. The van der Waals surface area contributed by atoms with Crippen LogP contribution in [0.4, 0.5) is 0 Å². The summed E-state index contributed by atoms with van der Waals surface area (Å²) in [5, 5.41) is 9.49. The minimum atomic E-state index is -0.961. The van der Waals surface area contributed by atoms with Gasteiger partial charge >= 0.3 is 5.97 Å². The van der Waals surface area contributed by atoms with Gasteiger partial charge in [-0.3, -0.25) is 4.79 Å². The maximum absolute atomic E-state index is 10.0. The van der Waals surface area contributed by atoms with Crippen molar-refractivity contribution in [2.75, 3.05) is 6.61 Å². The Morgan fingerprint density at radius 3 is 2.42 bits per heavy atom. The first-order valence-electron chi connectivity index (χ1n) is 4.02. The van der Waals surface area contributed by atoms with Crippen molar-refractivity contribution < 1.29 is 19.4 Å². The van der Waals surface area contributed by atoms with Crippen molar-refractivity contribution in [3.8, 4) is 0 Å². The van der Waals surface area contributed by atoms with Crippen LogP contribution >= 0.6 is 0 Å². The molecule has 4 nitrogen and oxygen atoms in total. The third kappa shape index (κ3) is 7.05. The highest BCUT2D eigenvalue weighted by Gasteiger charge is 2.08. The summed E-state index contributed by atoms with van der Waals surface area (Å²) in [6.45, 7) is 2.44. The van der Waals surface area contributed by atoms with Crippen LogP contribution in [0, 0.1) is 0 Å². The molecule has 0 radical (unpaired) electrons. The number of hydrogen-bond acceptors (Lipinski definition) is 4. The van der Waals surface area contributed by atoms with Gasteiger partial charge in [0.15, 0.2) is 0 Å². The van der Waals surface area contributed by atoms with E-state index < -0.39 is 5.97 Å². The highest BCUT2D eigenvalue weighted by Crippen LogP contribution is 2.01. The molecule has 0 spiro atoms. The van der Waals surface area contributed by atoms with E-state index in [1.54, 1.807) is 6.92 Å². The van der Waals surface area contributed by atoms with Gasteiger partial charge < -0.3 is 14.6 Å². The van der Waals surface area contributed by atoms with Crippen LogP contribution in [0.25, 0.3) is 0 Å². The van der Waals surface area contributed by atoms with Gasteiger partial charge in [0.25, 0.3) is 0 Å². The second-order valence-corrected chi connectivity index (χ2v) is 2.45. The molecule has 0 saturated carbocycles. The van der Waals surface area contributed by atoms with Gasteiger partial charge in [-0.05, 0) is 12.8 Å². The van der Waals surface area contributed by atoms with Gasteiger partial charge in [-0.25, -0.2) is 0 Å². The average molecular weight is 173 g/mol. The van der Waals surface area contributed by atoms with Crippen LogP contribution in [0.2, 0.25) is 0 Å². The van der Waals surface area contributed by atoms with Crippen molar-refractivity contribution >= 4 is 11.9 Å². The van der Waals surface area contributed by atoms with Gasteiger partial charge in [0.1, 0.15) is 0 Å². The quantitative estimate of drug-likeness (QED) is 0.545. The lowest BCUT2D eigenvalue weighted by Crippen LogP contribution is -2.20. The smallest absolute Gasteiger partial charge is 0.305 e. The zero-order chi connectivity index (χ0) is 9.40. The van der Waals surface area contributed by atoms with Crippen molar-refractivity contribution in [1.82, 2.24) is 0 Å². The summed E-state index contributed by atoms with van der Waals surface area (Å²) in [5.41, 5.74) is 0. The number of hydrogen-bond donors (Lipinski definition) is 0. The molecule has 0 aromatic heterocycles. The van der Waals surface area contributed by atoms with Crippen molar-refractivity contribution in [3.05, 3.63) is 0 Å². The molecule has 0 aromatic carbocycles. The molecule has 0 N–H and O–H groups in total. The zero-order valence-corrected chi connectivity index (χ0v) is 7.17. The third-order valence-corrected chi connectivity index (χ3v) is 1.24. The van der Waals surface area contributed by atoms with Gasteiger partial charge in [0, 0.05) is 12.4 Å². The second kappa shape index (κ2) is 6.64. The number of carbonyl (C=O) groups excluding carboxylic acids is 2. The molecule has 1 aliphatic rings. The fourth-order valence-electron chi connectivity index (χ4n) is 0.679. The second-order valence-electron chi connectivity index (χ2n) is 2.45. The molecule has 0 atom stereocenters. The van der Waals surface area contributed by atoms with E-state index in [4.69, 9.17) is 0 Å². The van der Waals surface area contributed by atoms with Crippen molar-refractivity contribution in [2.45, 2.75) is 32.6 Å². The topological polar surface area (TPSA) is 66.4 Å². The fraction of sp³-hybridized carbons (Fsp3) is 0.750. The molecule has 0 unspecified atom stereocenters. The van der Waals surface area contributed by atoms with Crippen LogP contribution in [0.1, 0.15) is 32.6 Å². The highest BCUT2D eigenvalue weighted by molar-refractivity contribution is 5.70. The Labute approximate surface area is 71.5 Å². The van der Waals surface area contributed by atoms with Gasteiger partial charge in [0.05, 0.1) is 6.61 Å². The minimum Gasteiger partial charge on any atom is -0.550 e. The van der Waals surface area contributed by atoms with Gasteiger partial charge in [-0.15, -0.1) is 0 Å². The number of aliphatic carboxylic acids is 1. The standard InChI is InChI=1S/C4H6O2.C4H8O2/c5-4-2-1-3-6-4;1-2-3-4(5)6/h1-3H2;2-3H2,1H3,(H,5,6)/p-1. The third-order valence-electron chi connectivity index (χ3n) is 1.24. The molecule has 0 aromatic rings. The van der Waals surface area contributed by atoms with E-state index in [0.29, 0.717) is 19.4 Å². The Hall–Kier alpha value is -1.06. The van der Waals surface area contributed by atoms with E-state index in [1.165, 1.54) is 0 Å². The molecular weight excluding hydrogens is 160 g/mol. The lowest BCUT2D eigenvalue weighted by Gasteiger charge is -1.92. The largest absolute Gasteiger partial charge is 0.550 e. The Morgan fingerprint density at radius 2 is 2.33 bits per heavy atom. The predicted molar refractivity (Wildman–Crippen MR) is 40.1 cm³/mol.